The third kappa shape index (κ3) is 2.87. The maximum absolute atomic E-state index is 10.00. The normalized spacial score (nSPS) is 13.8. The minimum atomic E-state index is -0.863. The van der Waals surface area contributed by atoms with Crippen molar-refractivity contribution in [3.63, 3.8) is 0 Å². The molecular weight excluding hydrogens is 212 g/mol. The van der Waals surface area contributed by atoms with Crippen LogP contribution >= 0.6 is 31.9 Å². The summed E-state index contributed by atoms with van der Waals surface area (Å²) in [5.74, 6) is 0. The van der Waals surface area contributed by atoms with Crippen molar-refractivity contribution in [2.24, 2.45) is 0 Å². The number of hydrogen-bond donors (Lipinski definition) is 0. The van der Waals surface area contributed by atoms with Gasteiger partial charge in [0.05, 0.1) is 0 Å². The highest BCUT2D eigenvalue weighted by molar-refractivity contribution is 9.14. The van der Waals surface area contributed by atoms with Gasteiger partial charge in [0.1, 0.15) is 0 Å². The molecule has 3 heteroatoms. The predicted octanol–water partition coefficient (Wildman–Crippen LogP) is 2.05. The maximum Gasteiger partial charge on any atom is 0.178 e. The van der Waals surface area contributed by atoms with Crippen LogP contribution in [0.5, 0.6) is 0 Å². The van der Waals surface area contributed by atoms with E-state index in [-0.39, 0.29) is 0 Å². The van der Waals surface area contributed by atoms with E-state index in [1.165, 1.54) is 0 Å². The molecule has 0 rings (SSSR count). The summed E-state index contributed by atoms with van der Waals surface area (Å²) in [6.45, 7) is 3.31. The quantitative estimate of drug-likeness (QED) is 0.596. The molecule has 0 spiro atoms. The van der Waals surface area contributed by atoms with Crippen LogP contribution in [0.25, 0.3) is 0 Å². The van der Waals surface area contributed by atoms with Crippen LogP contribution in [0.1, 0.15) is 0 Å². The zero-order chi connectivity index (χ0) is 5.15. The average molecular weight is 215 g/mol. The molecule has 0 aromatic carbocycles. The van der Waals surface area contributed by atoms with Crippen molar-refractivity contribution >= 4 is 31.9 Å². The minimum Gasteiger partial charge on any atom is -0.215 e. The second-order valence-corrected chi connectivity index (χ2v) is 2.61. The largest absolute Gasteiger partial charge is 0.215 e. The van der Waals surface area contributed by atoms with Crippen LogP contribution in [0.4, 0.5) is 0 Å². The summed E-state index contributed by atoms with van der Waals surface area (Å²) in [6, 6.07) is 0. The summed E-state index contributed by atoms with van der Waals surface area (Å²) >= 11 is 5.62. The van der Waals surface area contributed by atoms with Gasteiger partial charge >= 0.3 is 0 Å². The van der Waals surface area contributed by atoms with Crippen LogP contribution < -0.4 is 0 Å². The summed E-state index contributed by atoms with van der Waals surface area (Å²) in [6.07, 6.45) is 0. The number of hydrogen-bond acceptors (Lipinski definition) is 0. The standard InChI is InChI=1S/C3H3Br2O/c1-2(4)3(5)6/h3H,1H2. The Morgan fingerprint density at radius 3 is 2.00 bits per heavy atom. The molecule has 0 aromatic heterocycles. The molecule has 0 aliphatic rings. The molecule has 1 atom stereocenters. The molecule has 35 valence electrons. The van der Waals surface area contributed by atoms with Crippen molar-refractivity contribution in [3.05, 3.63) is 11.1 Å². The second kappa shape index (κ2) is 2.77. The smallest absolute Gasteiger partial charge is 0.178 e. The molecular formula is C3H3Br2O. The van der Waals surface area contributed by atoms with Gasteiger partial charge in [0.15, 0.2) is 5.01 Å². The Kier molecular flexibility index (Phi) is 3.08. The zero-order valence-corrected chi connectivity index (χ0v) is 6.12. The van der Waals surface area contributed by atoms with Crippen LogP contribution in [0.2, 0.25) is 0 Å². The van der Waals surface area contributed by atoms with Gasteiger partial charge in [-0.3, -0.25) is 0 Å². The van der Waals surface area contributed by atoms with E-state index in [1.807, 2.05) is 0 Å². The minimum absolute atomic E-state index is 0.433. The predicted molar refractivity (Wildman–Crippen MR) is 31.5 cm³/mol. The summed E-state index contributed by atoms with van der Waals surface area (Å²) < 4.78 is 0.433. The molecule has 0 fully saturated rings. The molecule has 0 aliphatic heterocycles. The van der Waals surface area contributed by atoms with Crippen LogP contribution in [0.3, 0.4) is 0 Å². The third-order valence-corrected chi connectivity index (χ3v) is 1.83. The first-order valence-corrected chi connectivity index (χ1v) is 2.99. The van der Waals surface area contributed by atoms with Crippen LogP contribution in [-0.4, -0.2) is 5.01 Å². The second-order valence-electron chi connectivity index (χ2n) is 0.763. The van der Waals surface area contributed by atoms with E-state index < -0.39 is 5.01 Å². The number of rotatable bonds is 1. The van der Waals surface area contributed by atoms with Gasteiger partial charge in [-0.15, -0.1) is 0 Å². The first-order chi connectivity index (χ1) is 2.64. The lowest BCUT2D eigenvalue weighted by Crippen LogP contribution is -1.86. The first kappa shape index (κ1) is 6.66. The Balaban J connectivity index is 3.26. The monoisotopic (exact) mass is 213 g/mol. The molecule has 1 radical (unpaired) electrons. The van der Waals surface area contributed by atoms with Crippen LogP contribution in [0, 0.1) is 0 Å². The molecule has 1 unspecified atom stereocenters. The Morgan fingerprint density at radius 1 is 1.83 bits per heavy atom. The van der Waals surface area contributed by atoms with Crippen molar-refractivity contribution < 1.29 is 5.11 Å². The molecule has 0 aliphatic carbocycles. The molecule has 0 N–H and O–H groups in total. The molecule has 0 aromatic rings. The van der Waals surface area contributed by atoms with Gasteiger partial charge in [-0.05, 0) is 15.9 Å². The van der Waals surface area contributed by atoms with Gasteiger partial charge in [0.2, 0.25) is 0 Å². The van der Waals surface area contributed by atoms with Crippen molar-refractivity contribution in [2.75, 3.05) is 0 Å². The molecule has 0 saturated carbocycles. The van der Waals surface area contributed by atoms with Gasteiger partial charge < -0.3 is 0 Å². The molecule has 0 amide bonds. The van der Waals surface area contributed by atoms with Gasteiger partial charge in [-0.25, -0.2) is 5.11 Å². The van der Waals surface area contributed by atoms with E-state index in [0.29, 0.717) is 4.48 Å². The van der Waals surface area contributed by atoms with Gasteiger partial charge in [0, 0.05) is 4.48 Å². The fourth-order valence-electron chi connectivity index (χ4n) is 0. The molecule has 6 heavy (non-hydrogen) atoms. The van der Waals surface area contributed by atoms with E-state index in [9.17, 15) is 5.11 Å². The van der Waals surface area contributed by atoms with Crippen LogP contribution in [0.15, 0.2) is 11.1 Å². The SMILES string of the molecule is C=C(Br)C([O])Br. The summed E-state index contributed by atoms with van der Waals surface area (Å²) in [4.78, 5) is 0. The Hall–Kier alpha value is 0.660. The lowest BCUT2D eigenvalue weighted by atomic mass is 10.7. The van der Waals surface area contributed by atoms with Crippen molar-refractivity contribution in [2.45, 2.75) is 5.01 Å². The topological polar surface area (TPSA) is 19.9 Å². The van der Waals surface area contributed by atoms with Crippen molar-refractivity contribution in [1.29, 1.82) is 0 Å². The molecule has 0 heterocycles. The zero-order valence-electron chi connectivity index (χ0n) is 2.95. The lowest BCUT2D eigenvalue weighted by molar-refractivity contribution is 0.206. The van der Waals surface area contributed by atoms with E-state index in [1.54, 1.807) is 0 Å². The van der Waals surface area contributed by atoms with Gasteiger partial charge in [0.25, 0.3) is 0 Å². The highest BCUT2D eigenvalue weighted by Gasteiger charge is 1.97. The number of halogens is 2. The molecule has 0 saturated heterocycles. The highest BCUT2D eigenvalue weighted by Crippen LogP contribution is 2.12. The maximum atomic E-state index is 10.00. The Labute approximate surface area is 53.3 Å². The molecule has 0 bridgehead atoms. The fraction of sp³-hybridized carbons (Fsp3) is 0.333. The first-order valence-electron chi connectivity index (χ1n) is 1.29. The Bertz CT molecular complexity index is 59.8. The molecule has 1 nitrogen and oxygen atoms in total. The lowest BCUT2D eigenvalue weighted by Gasteiger charge is -1.88. The summed E-state index contributed by atoms with van der Waals surface area (Å²) in [7, 11) is 0. The van der Waals surface area contributed by atoms with E-state index in [0.717, 1.165) is 0 Å². The average Bonchev–Trinajstić information content (AvgIpc) is 1.36. The third-order valence-electron chi connectivity index (χ3n) is 0.246. The van der Waals surface area contributed by atoms with Crippen molar-refractivity contribution in [3.8, 4) is 0 Å². The Morgan fingerprint density at radius 2 is 2.00 bits per heavy atom. The van der Waals surface area contributed by atoms with Crippen molar-refractivity contribution in [1.82, 2.24) is 0 Å². The number of alkyl halides is 1. The van der Waals surface area contributed by atoms with E-state index in [2.05, 4.69) is 38.4 Å². The van der Waals surface area contributed by atoms with E-state index in [4.69, 9.17) is 0 Å². The highest BCUT2D eigenvalue weighted by atomic mass is 79.9. The van der Waals surface area contributed by atoms with Gasteiger partial charge in [-0.2, -0.15) is 0 Å². The summed E-state index contributed by atoms with van der Waals surface area (Å²) in [5.41, 5.74) is 0. The van der Waals surface area contributed by atoms with E-state index >= 15 is 0 Å². The van der Waals surface area contributed by atoms with Gasteiger partial charge in [-0.1, -0.05) is 22.5 Å². The summed E-state index contributed by atoms with van der Waals surface area (Å²) in [5, 5.41) is 9.13. The fourth-order valence-corrected chi connectivity index (χ4v) is 0. The van der Waals surface area contributed by atoms with Crippen LogP contribution in [-0.2, 0) is 5.11 Å².